The van der Waals surface area contributed by atoms with Gasteiger partial charge < -0.3 is 19.8 Å². The van der Waals surface area contributed by atoms with E-state index in [0.29, 0.717) is 12.1 Å². The molecule has 25 heavy (non-hydrogen) atoms. The van der Waals surface area contributed by atoms with Crippen molar-refractivity contribution >= 4 is 29.9 Å². The van der Waals surface area contributed by atoms with E-state index in [1.165, 1.54) is 38.5 Å². The summed E-state index contributed by atoms with van der Waals surface area (Å²) in [6, 6.07) is 5.04. The molecule has 2 aliphatic carbocycles. The largest absolute Gasteiger partial charge is 0.469 e. The van der Waals surface area contributed by atoms with Crippen LogP contribution in [0.5, 0.6) is 0 Å². The molecule has 0 aromatic carbocycles. The molecular formula is C19H30IN3O2. The number of aliphatic imine (C=N–C) groups is 1. The number of nitrogens with zero attached hydrogens (tertiary/aromatic N) is 1. The van der Waals surface area contributed by atoms with Gasteiger partial charge in [0.15, 0.2) is 5.96 Å². The first-order valence-corrected chi connectivity index (χ1v) is 9.55. The second kappa shape index (κ2) is 8.75. The lowest BCUT2D eigenvalue weighted by Gasteiger charge is -2.39. The van der Waals surface area contributed by atoms with Crippen molar-refractivity contribution in [2.75, 3.05) is 13.2 Å². The molecule has 0 amide bonds. The fourth-order valence-electron chi connectivity index (χ4n) is 4.00. The highest BCUT2D eigenvalue weighted by Gasteiger charge is 2.40. The summed E-state index contributed by atoms with van der Waals surface area (Å²) in [5.74, 6) is 1.98. The Morgan fingerprint density at radius 3 is 2.68 bits per heavy atom. The number of nitrogens with one attached hydrogen (secondary N) is 2. The Hall–Kier alpha value is -0.760. The predicted molar refractivity (Wildman–Crippen MR) is 110 cm³/mol. The number of hydrogen-bond donors (Lipinski definition) is 2. The zero-order chi connectivity index (χ0) is 16.2. The summed E-state index contributed by atoms with van der Waals surface area (Å²) >= 11 is 0. The molecule has 1 unspecified atom stereocenters. The minimum atomic E-state index is 0. The molecule has 0 bridgehead atoms. The Balaban J connectivity index is 0.00000182. The van der Waals surface area contributed by atoms with Crippen molar-refractivity contribution in [3.05, 3.63) is 24.2 Å². The van der Waals surface area contributed by atoms with Crippen LogP contribution >= 0.6 is 24.0 Å². The molecule has 2 saturated carbocycles. The van der Waals surface area contributed by atoms with E-state index < -0.39 is 0 Å². The highest BCUT2D eigenvalue weighted by atomic mass is 127. The molecule has 1 aromatic rings. The maximum Gasteiger partial charge on any atom is 0.191 e. The molecule has 1 saturated heterocycles. The van der Waals surface area contributed by atoms with Crippen LogP contribution in [0.4, 0.5) is 0 Å². The van der Waals surface area contributed by atoms with Crippen molar-refractivity contribution in [1.29, 1.82) is 0 Å². The minimum absolute atomic E-state index is 0. The Bertz CT molecular complexity index is 551. The molecule has 1 aliphatic heterocycles. The molecule has 0 radical (unpaired) electrons. The summed E-state index contributed by atoms with van der Waals surface area (Å²) in [7, 11) is 0. The van der Waals surface area contributed by atoms with Gasteiger partial charge in [0.1, 0.15) is 5.76 Å². The van der Waals surface area contributed by atoms with Gasteiger partial charge in [-0.25, -0.2) is 0 Å². The predicted octanol–water partition coefficient (Wildman–Crippen LogP) is 3.63. The van der Waals surface area contributed by atoms with Crippen molar-refractivity contribution in [2.24, 2.45) is 4.99 Å². The smallest absolute Gasteiger partial charge is 0.191 e. The SMILES string of the molecule is I.c1coc(CCN=C(NC2CC2)NC2CCOC3(CCCC3)C2)c1. The Labute approximate surface area is 167 Å². The van der Waals surface area contributed by atoms with Gasteiger partial charge >= 0.3 is 0 Å². The summed E-state index contributed by atoms with van der Waals surface area (Å²) in [6.07, 6.45) is 12.4. The van der Waals surface area contributed by atoms with Crippen LogP contribution in [0.2, 0.25) is 0 Å². The molecule has 140 valence electrons. The van der Waals surface area contributed by atoms with Gasteiger partial charge in [-0.1, -0.05) is 12.8 Å². The zero-order valence-corrected chi connectivity index (χ0v) is 17.2. The van der Waals surface area contributed by atoms with E-state index >= 15 is 0 Å². The van der Waals surface area contributed by atoms with E-state index in [4.69, 9.17) is 14.1 Å². The molecule has 3 aliphatic rings. The van der Waals surface area contributed by atoms with Crippen molar-refractivity contribution in [1.82, 2.24) is 10.6 Å². The van der Waals surface area contributed by atoms with Crippen molar-refractivity contribution in [3.8, 4) is 0 Å². The van der Waals surface area contributed by atoms with Crippen LogP contribution < -0.4 is 10.6 Å². The molecule has 1 atom stereocenters. The second-order valence-corrected chi connectivity index (χ2v) is 7.55. The molecule has 2 N–H and O–H groups in total. The van der Waals surface area contributed by atoms with Crippen molar-refractivity contribution in [2.45, 2.75) is 75.5 Å². The van der Waals surface area contributed by atoms with E-state index in [0.717, 1.165) is 44.1 Å². The first kappa shape index (κ1) is 19.0. The lowest BCUT2D eigenvalue weighted by molar-refractivity contribution is -0.0815. The third kappa shape index (κ3) is 5.36. The zero-order valence-electron chi connectivity index (χ0n) is 14.8. The summed E-state index contributed by atoms with van der Waals surface area (Å²) in [4.78, 5) is 4.78. The average molecular weight is 459 g/mol. The lowest BCUT2D eigenvalue weighted by Crippen LogP contribution is -2.51. The highest BCUT2D eigenvalue weighted by molar-refractivity contribution is 14.0. The number of guanidine groups is 1. The minimum Gasteiger partial charge on any atom is -0.469 e. The number of hydrogen-bond acceptors (Lipinski definition) is 3. The fraction of sp³-hybridized carbons (Fsp3) is 0.737. The van der Waals surface area contributed by atoms with E-state index in [9.17, 15) is 0 Å². The third-order valence-corrected chi connectivity index (χ3v) is 5.48. The number of rotatable bonds is 5. The van der Waals surface area contributed by atoms with Gasteiger partial charge in [0.25, 0.3) is 0 Å². The topological polar surface area (TPSA) is 58.8 Å². The molecule has 2 heterocycles. The van der Waals surface area contributed by atoms with Crippen LogP contribution in [-0.4, -0.2) is 36.8 Å². The maximum atomic E-state index is 6.15. The van der Waals surface area contributed by atoms with Crippen molar-refractivity contribution in [3.63, 3.8) is 0 Å². The first-order chi connectivity index (χ1) is 11.8. The van der Waals surface area contributed by atoms with Gasteiger partial charge in [-0.2, -0.15) is 0 Å². The van der Waals surface area contributed by atoms with Gasteiger partial charge in [0.05, 0.1) is 11.9 Å². The average Bonchev–Trinajstić information content (AvgIpc) is 3.05. The van der Waals surface area contributed by atoms with Crippen LogP contribution in [0, 0.1) is 0 Å². The Kier molecular flexibility index (Phi) is 6.66. The molecule has 4 rings (SSSR count). The quantitative estimate of drug-likeness (QED) is 0.401. The summed E-state index contributed by atoms with van der Waals surface area (Å²) in [5.41, 5.74) is 0.148. The summed E-state index contributed by atoms with van der Waals surface area (Å²) < 4.78 is 11.5. The monoisotopic (exact) mass is 459 g/mol. The van der Waals surface area contributed by atoms with Crippen LogP contribution in [0.15, 0.2) is 27.8 Å². The Morgan fingerprint density at radius 2 is 1.96 bits per heavy atom. The summed E-state index contributed by atoms with van der Waals surface area (Å²) in [6.45, 7) is 1.63. The second-order valence-electron chi connectivity index (χ2n) is 7.55. The third-order valence-electron chi connectivity index (χ3n) is 5.48. The van der Waals surface area contributed by atoms with E-state index in [1.54, 1.807) is 6.26 Å². The number of halogens is 1. The standard InChI is InChI=1S/C19H29N3O2.HI/c1-2-10-19(9-1)14-16(8-13-24-19)22-18(21-15-5-6-15)20-11-7-17-4-3-12-23-17;/h3-4,12,15-16H,1-2,5-11,13-14H2,(H2,20,21,22);1H. The first-order valence-electron chi connectivity index (χ1n) is 9.55. The van der Waals surface area contributed by atoms with Gasteiger partial charge in [-0.15, -0.1) is 24.0 Å². The van der Waals surface area contributed by atoms with Crippen LogP contribution in [-0.2, 0) is 11.2 Å². The number of furan rings is 1. The van der Waals surface area contributed by atoms with Gasteiger partial charge in [0.2, 0.25) is 0 Å². The van der Waals surface area contributed by atoms with E-state index in [1.807, 2.05) is 12.1 Å². The molecule has 6 heteroatoms. The van der Waals surface area contributed by atoms with Gasteiger partial charge in [0, 0.05) is 31.7 Å². The van der Waals surface area contributed by atoms with Crippen LogP contribution in [0.1, 0.15) is 57.1 Å². The molecule has 1 aromatic heterocycles. The van der Waals surface area contributed by atoms with Crippen LogP contribution in [0.3, 0.4) is 0 Å². The van der Waals surface area contributed by atoms with E-state index in [-0.39, 0.29) is 29.6 Å². The molecule has 5 nitrogen and oxygen atoms in total. The van der Waals surface area contributed by atoms with Gasteiger partial charge in [-0.3, -0.25) is 4.99 Å². The van der Waals surface area contributed by atoms with Gasteiger partial charge in [-0.05, 0) is 50.7 Å². The van der Waals surface area contributed by atoms with Crippen molar-refractivity contribution < 1.29 is 9.15 Å². The molecule has 3 fully saturated rings. The molecular weight excluding hydrogens is 429 g/mol. The maximum absolute atomic E-state index is 6.15. The van der Waals surface area contributed by atoms with E-state index in [2.05, 4.69) is 10.6 Å². The highest BCUT2D eigenvalue weighted by Crippen LogP contribution is 2.39. The summed E-state index contributed by atoms with van der Waals surface area (Å²) in [5, 5.41) is 7.25. The Morgan fingerprint density at radius 1 is 1.16 bits per heavy atom. The van der Waals surface area contributed by atoms with Crippen LogP contribution in [0.25, 0.3) is 0 Å². The normalized spacial score (nSPS) is 25.6. The fourth-order valence-corrected chi connectivity index (χ4v) is 4.00. The molecule has 1 spiro atoms. The lowest BCUT2D eigenvalue weighted by atomic mass is 9.89. The number of ether oxygens (including phenoxy) is 1.